The normalized spacial score (nSPS) is 11.6. The van der Waals surface area contributed by atoms with Crippen molar-refractivity contribution in [2.24, 2.45) is 10.2 Å². The molecule has 0 unspecified atom stereocenters. The Morgan fingerprint density at radius 2 is 1.36 bits per heavy atom. The Morgan fingerprint density at radius 1 is 0.909 bits per heavy atom. The van der Waals surface area contributed by atoms with Gasteiger partial charge < -0.3 is 9.84 Å². The molecule has 2 rings (SSSR count). The molecule has 0 aliphatic rings. The molecule has 0 fully saturated rings. The molecule has 0 spiro atoms. The first-order chi connectivity index (χ1) is 10.3. The molecular formula is C17H18N2O3. The topological polar surface area (TPSA) is 71.2 Å². The zero-order valence-electron chi connectivity index (χ0n) is 12.8. The third-order valence-electron chi connectivity index (χ3n) is 2.63. The van der Waals surface area contributed by atoms with E-state index in [1.165, 1.54) is 0 Å². The molecule has 2 aromatic carbocycles. The van der Waals surface area contributed by atoms with E-state index in [0.717, 1.165) is 0 Å². The van der Waals surface area contributed by atoms with Gasteiger partial charge in [0.15, 0.2) is 0 Å². The summed E-state index contributed by atoms with van der Waals surface area (Å²) >= 11 is 0. The van der Waals surface area contributed by atoms with E-state index in [1.54, 1.807) is 48.5 Å². The Balaban J connectivity index is 2.05. The van der Waals surface area contributed by atoms with Gasteiger partial charge in [-0.1, -0.05) is 0 Å². The second kappa shape index (κ2) is 6.39. The van der Waals surface area contributed by atoms with Crippen molar-refractivity contribution >= 4 is 17.3 Å². The van der Waals surface area contributed by atoms with Crippen molar-refractivity contribution in [2.45, 2.75) is 26.4 Å². The van der Waals surface area contributed by atoms with E-state index in [1.807, 2.05) is 20.8 Å². The Kier molecular flexibility index (Phi) is 4.56. The summed E-state index contributed by atoms with van der Waals surface area (Å²) in [4.78, 5) is 11.9. The molecule has 22 heavy (non-hydrogen) atoms. The number of carbonyl (C=O) groups is 1. The van der Waals surface area contributed by atoms with Gasteiger partial charge in [-0.05, 0) is 69.3 Å². The highest BCUT2D eigenvalue weighted by molar-refractivity contribution is 5.90. The molecule has 0 bridgehead atoms. The lowest BCUT2D eigenvalue weighted by molar-refractivity contribution is 0.00696. The van der Waals surface area contributed by atoms with Crippen LogP contribution in [0.25, 0.3) is 0 Å². The molecule has 1 N–H and O–H groups in total. The molecule has 0 atom stereocenters. The van der Waals surface area contributed by atoms with Crippen LogP contribution in [0.3, 0.4) is 0 Å². The zero-order valence-corrected chi connectivity index (χ0v) is 12.8. The summed E-state index contributed by atoms with van der Waals surface area (Å²) in [6.07, 6.45) is 0. The second-order valence-corrected chi connectivity index (χ2v) is 5.77. The number of hydrogen-bond donors (Lipinski definition) is 1. The predicted molar refractivity (Wildman–Crippen MR) is 83.9 cm³/mol. The number of phenols is 1. The van der Waals surface area contributed by atoms with E-state index in [4.69, 9.17) is 4.74 Å². The minimum atomic E-state index is -0.520. The maximum Gasteiger partial charge on any atom is 0.338 e. The van der Waals surface area contributed by atoms with E-state index in [2.05, 4.69) is 10.2 Å². The summed E-state index contributed by atoms with van der Waals surface area (Å²) in [5, 5.41) is 17.3. The van der Waals surface area contributed by atoms with E-state index in [9.17, 15) is 9.90 Å². The van der Waals surface area contributed by atoms with Crippen LogP contribution in [0, 0.1) is 0 Å². The Hall–Kier alpha value is -2.69. The van der Waals surface area contributed by atoms with Gasteiger partial charge in [0.2, 0.25) is 0 Å². The summed E-state index contributed by atoms with van der Waals surface area (Å²) in [7, 11) is 0. The van der Waals surface area contributed by atoms with Gasteiger partial charge in [-0.3, -0.25) is 0 Å². The highest BCUT2D eigenvalue weighted by atomic mass is 16.6. The molecular weight excluding hydrogens is 280 g/mol. The molecule has 0 amide bonds. The van der Waals surface area contributed by atoms with Crippen LogP contribution >= 0.6 is 0 Å². The number of azo groups is 1. The summed E-state index contributed by atoms with van der Waals surface area (Å²) in [5.41, 5.74) is 1.21. The molecule has 5 heteroatoms. The van der Waals surface area contributed by atoms with Crippen LogP contribution in [0.1, 0.15) is 31.1 Å². The van der Waals surface area contributed by atoms with Crippen LogP contribution in [0.5, 0.6) is 5.75 Å². The summed E-state index contributed by atoms with van der Waals surface area (Å²) in [5.74, 6) is -0.185. The van der Waals surface area contributed by atoms with Crippen LogP contribution in [0.2, 0.25) is 0 Å². The predicted octanol–water partition coefficient (Wildman–Crippen LogP) is 4.76. The molecule has 0 saturated heterocycles. The van der Waals surface area contributed by atoms with Crippen molar-refractivity contribution in [1.29, 1.82) is 0 Å². The lowest BCUT2D eigenvalue weighted by atomic mass is 10.1. The van der Waals surface area contributed by atoms with E-state index in [-0.39, 0.29) is 11.7 Å². The molecule has 0 saturated carbocycles. The molecule has 0 aliphatic heterocycles. The fourth-order valence-electron chi connectivity index (χ4n) is 1.64. The van der Waals surface area contributed by atoms with Crippen molar-refractivity contribution in [2.75, 3.05) is 0 Å². The molecule has 0 radical (unpaired) electrons. The van der Waals surface area contributed by atoms with Crippen LogP contribution in [0.15, 0.2) is 58.8 Å². The van der Waals surface area contributed by atoms with Gasteiger partial charge >= 0.3 is 5.97 Å². The summed E-state index contributed by atoms with van der Waals surface area (Å²) < 4.78 is 5.29. The first kappa shape index (κ1) is 15.7. The number of ether oxygens (including phenoxy) is 1. The zero-order chi connectivity index (χ0) is 16.2. The minimum absolute atomic E-state index is 0.181. The number of aromatic hydroxyl groups is 1. The average molecular weight is 298 g/mol. The third kappa shape index (κ3) is 4.70. The number of benzene rings is 2. The lowest BCUT2D eigenvalue weighted by Gasteiger charge is -2.19. The van der Waals surface area contributed by atoms with Gasteiger partial charge in [-0.15, -0.1) is 0 Å². The number of phenolic OH excluding ortho intramolecular Hbond substituents is 1. The number of rotatable bonds is 3. The second-order valence-electron chi connectivity index (χ2n) is 5.77. The van der Waals surface area contributed by atoms with E-state index in [0.29, 0.717) is 16.9 Å². The van der Waals surface area contributed by atoms with Crippen molar-refractivity contribution in [1.82, 2.24) is 0 Å². The fraction of sp³-hybridized carbons (Fsp3) is 0.235. The van der Waals surface area contributed by atoms with Crippen molar-refractivity contribution in [3.8, 4) is 5.75 Å². The van der Waals surface area contributed by atoms with Crippen LogP contribution in [-0.2, 0) is 4.74 Å². The lowest BCUT2D eigenvalue weighted by Crippen LogP contribution is -2.23. The van der Waals surface area contributed by atoms with Crippen LogP contribution < -0.4 is 0 Å². The molecule has 2 aromatic rings. The van der Waals surface area contributed by atoms with Gasteiger partial charge in [0.25, 0.3) is 0 Å². The number of nitrogens with zero attached hydrogens (tertiary/aromatic N) is 2. The average Bonchev–Trinajstić information content (AvgIpc) is 2.45. The maximum absolute atomic E-state index is 11.9. The Morgan fingerprint density at radius 3 is 1.82 bits per heavy atom. The smallest absolute Gasteiger partial charge is 0.338 e. The van der Waals surface area contributed by atoms with Crippen LogP contribution in [-0.4, -0.2) is 16.7 Å². The van der Waals surface area contributed by atoms with Gasteiger partial charge in [0, 0.05) is 0 Å². The van der Waals surface area contributed by atoms with Crippen LogP contribution in [0.4, 0.5) is 11.4 Å². The van der Waals surface area contributed by atoms with Gasteiger partial charge in [0.1, 0.15) is 11.4 Å². The van der Waals surface area contributed by atoms with Gasteiger partial charge in [0.05, 0.1) is 16.9 Å². The third-order valence-corrected chi connectivity index (χ3v) is 2.63. The minimum Gasteiger partial charge on any atom is -0.508 e. The number of carbonyl (C=O) groups excluding carboxylic acids is 1. The molecule has 0 aliphatic carbocycles. The van der Waals surface area contributed by atoms with E-state index >= 15 is 0 Å². The largest absolute Gasteiger partial charge is 0.508 e. The quantitative estimate of drug-likeness (QED) is 0.655. The Bertz CT molecular complexity index is 669. The Labute approximate surface area is 129 Å². The molecule has 0 aromatic heterocycles. The van der Waals surface area contributed by atoms with Crippen molar-refractivity contribution < 1.29 is 14.6 Å². The van der Waals surface area contributed by atoms with Gasteiger partial charge in [-0.2, -0.15) is 10.2 Å². The summed E-state index contributed by atoms with van der Waals surface area (Å²) in [6, 6.07) is 13.1. The standard InChI is InChI=1S/C17H18N2O3/c1-17(2,3)22-16(21)12-4-6-13(7-5-12)18-19-14-8-10-15(20)11-9-14/h4-11,20H,1-3H3. The monoisotopic (exact) mass is 298 g/mol. The van der Waals surface area contributed by atoms with Crippen molar-refractivity contribution in [3.05, 3.63) is 54.1 Å². The van der Waals surface area contributed by atoms with Crippen molar-refractivity contribution in [3.63, 3.8) is 0 Å². The number of esters is 1. The SMILES string of the molecule is CC(C)(C)OC(=O)c1ccc(N=Nc2ccc(O)cc2)cc1. The molecule has 5 nitrogen and oxygen atoms in total. The molecule has 114 valence electrons. The highest BCUT2D eigenvalue weighted by Crippen LogP contribution is 2.21. The highest BCUT2D eigenvalue weighted by Gasteiger charge is 2.17. The maximum atomic E-state index is 11.9. The first-order valence-corrected chi connectivity index (χ1v) is 6.88. The van der Waals surface area contributed by atoms with E-state index < -0.39 is 5.60 Å². The first-order valence-electron chi connectivity index (χ1n) is 6.88. The fourth-order valence-corrected chi connectivity index (χ4v) is 1.64. The van der Waals surface area contributed by atoms with Gasteiger partial charge in [-0.25, -0.2) is 4.79 Å². The number of hydrogen-bond acceptors (Lipinski definition) is 5. The summed E-state index contributed by atoms with van der Waals surface area (Å²) in [6.45, 7) is 5.47. The molecule has 0 heterocycles.